The first-order valence-corrected chi connectivity index (χ1v) is 11.3. The number of hydrogen-bond acceptors (Lipinski definition) is 8. The van der Waals surface area contributed by atoms with Gasteiger partial charge in [0.2, 0.25) is 5.91 Å². The molecule has 3 atom stereocenters. The summed E-state index contributed by atoms with van der Waals surface area (Å²) in [7, 11) is 0. The lowest BCUT2D eigenvalue weighted by atomic mass is 9.87. The summed E-state index contributed by atoms with van der Waals surface area (Å²) in [4.78, 5) is 65.7. The molecular weight excluding hydrogens is 436 g/mol. The number of benzene rings is 1. The molecule has 170 valence electrons. The summed E-state index contributed by atoms with van der Waals surface area (Å²) in [5, 5.41) is -0.474. The van der Waals surface area contributed by atoms with Gasteiger partial charge in [-0.25, -0.2) is 0 Å². The fourth-order valence-electron chi connectivity index (χ4n) is 4.07. The quantitative estimate of drug-likeness (QED) is 0.377. The van der Waals surface area contributed by atoms with E-state index in [4.69, 9.17) is 9.47 Å². The van der Waals surface area contributed by atoms with Gasteiger partial charge in [-0.1, -0.05) is 12.1 Å². The summed E-state index contributed by atoms with van der Waals surface area (Å²) in [5.41, 5.74) is -1.43. The molecule has 3 aliphatic rings. The van der Waals surface area contributed by atoms with Gasteiger partial charge in [0.15, 0.2) is 0 Å². The second-order valence-electron chi connectivity index (χ2n) is 9.20. The van der Waals surface area contributed by atoms with E-state index >= 15 is 0 Å². The molecule has 10 heteroatoms. The van der Waals surface area contributed by atoms with Crippen LogP contribution in [-0.2, 0) is 23.9 Å². The molecule has 1 aromatic rings. The van der Waals surface area contributed by atoms with Crippen LogP contribution in [0.1, 0.15) is 48.4 Å². The number of nitrogens with zero attached hydrogens (tertiary/aromatic N) is 2. The van der Waals surface area contributed by atoms with Gasteiger partial charge in [0.25, 0.3) is 11.8 Å². The number of hydrogen-bond donors (Lipinski definition) is 0. The van der Waals surface area contributed by atoms with Crippen LogP contribution in [0.4, 0.5) is 0 Å². The van der Waals surface area contributed by atoms with Crippen LogP contribution >= 0.6 is 11.8 Å². The maximum atomic E-state index is 13.1. The number of β-lactam (4-membered cyclic amide) rings is 1. The van der Waals surface area contributed by atoms with Gasteiger partial charge in [-0.05, 0) is 32.9 Å². The fraction of sp³-hybridized carbons (Fsp3) is 0.500. The molecular formula is C22H24N2O7S. The topological polar surface area (TPSA) is 110 Å². The van der Waals surface area contributed by atoms with Gasteiger partial charge in [-0.2, -0.15) is 0 Å². The molecule has 9 nitrogen and oxygen atoms in total. The fourth-order valence-corrected chi connectivity index (χ4v) is 5.63. The zero-order valence-corrected chi connectivity index (χ0v) is 19.1. The summed E-state index contributed by atoms with van der Waals surface area (Å²) >= 11 is 1.27. The molecule has 1 aromatic carbocycles. The summed E-state index contributed by atoms with van der Waals surface area (Å²) in [6.07, 6.45) is 0. The van der Waals surface area contributed by atoms with Gasteiger partial charge in [0, 0.05) is 19.2 Å². The lowest BCUT2D eigenvalue weighted by Gasteiger charge is -2.55. The van der Waals surface area contributed by atoms with Crippen molar-refractivity contribution in [3.8, 4) is 0 Å². The number of fused-ring (bicyclic) bond motifs is 2. The zero-order chi connectivity index (χ0) is 23.4. The zero-order valence-electron chi connectivity index (χ0n) is 18.2. The maximum absolute atomic E-state index is 13.1. The molecule has 4 rings (SSSR count). The second-order valence-corrected chi connectivity index (χ2v) is 10.3. The van der Waals surface area contributed by atoms with Gasteiger partial charge >= 0.3 is 11.9 Å². The van der Waals surface area contributed by atoms with Crippen molar-refractivity contribution in [3.63, 3.8) is 0 Å². The molecule has 2 saturated heterocycles. The molecule has 0 saturated carbocycles. The highest BCUT2D eigenvalue weighted by Crippen LogP contribution is 2.46. The Morgan fingerprint density at radius 1 is 1.12 bits per heavy atom. The first-order valence-electron chi connectivity index (χ1n) is 10.2. The van der Waals surface area contributed by atoms with Crippen LogP contribution in [0.25, 0.3) is 0 Å². The molecule has 32 heavy (non-hydrogen) atoms. The van der Waals surface area contributed by atoms with E-state index in [0.29, 0.717) is 0 Å². The van der Waals surface area contributed by atoms with E-state index < -0.39 is 52.1 Å². The van der Waals surface area contributed by atoms with E-state index in [1.165, 1.54) is 23.6 Å². The Labute approximate surface area is 189 Å². The molecule has 2 unspecified atom stereocenters. The summed E-state index contributed by atoms with van der Waals surface area (Å²) < 4.78 is 10.7. The molecule has 3 heterocycles. The maximum Gasteiger partial charge on any atom is 0.318 e. The molecule has 2 fully saturated rings. The number of rotatable bonds is 4. The van der Waals surface area contributed by atoms with E-state index in [1.54, 1.807) is 45.0 Å². The van der Waals surface area contributed by atoms with Crippen LogP contribution in [0.5, 0.6) is 0 Å². The molecule has 0 bridgehead atoms. The molecule has 0 spiro atoms. The van der Waals surface area contributed by atoms with Gasteiger partial charge in [-0.15, -0.1) is 11.8 Å². The van der Waals surface area contributed by atoms with Gasteiger partial charge in [0.1, 0.15) is 29.0 Å². The Morgan fingerprint density at radius 2 is 1.72 bits per heavy atom. The van der Waals surface area contributed by atoms with Crippen molar-refractivity contribution in [2.45, 2.75) is 44.7 Å². The first kappa shape index (κ1) is 22.3. The van der Waals surface area contributed by atoms with Crippen molar-refractivity contribution in [2.75, 3.05) is 18.9 Å². The highest BCUT2D eigenvalue weighted by molar-refractivity contribution is 8.00. The van der Waals surface area contributed by atoms with Gasteiger partial charge in [-0.3, -0.25) is 28.9 Å². The number of imide groups is 1. The van der Waals surface area contributed by atoms with Gasteiger partial charge in [0.05, 0.1) is 11.1 Å². The minimum absolute atomic E-state index is 0.0225. The third kappa shape index (κ3) is 3.56. The van der Waals surface area contributed by atoms with Crippen LogP contribution in [0.2, 0.25) is 0 Å². The molecule has 0 N–H and O–H groups in total. The molecule has 3 amide bonds. The van der Waals surface area contributed by atoms with Crippen LogP contribution < -0.4 is 0 Å². The molecule has 0 aliphatic carbocycles. The standard InChI is InChI=1S/C22H24N2O7S/c1-12(25)30-10-22(20(29)31-21(2,3)4)9-23-18(28)15(19(23)32-11-22)24-16(26)13-7-5-6-8-14(13)17(24)27/h5-8,15,19H,9-11H2,1-4H3/t15?,19-,22?/m1/s1. The average Bonchev–Trinajstić information content (AvgIpc) is 2.96. The number of esters is 2. The summed E-state index contributed by atoms with van der Waals surface area (Å²) in [6, 6.07) is 5.54. The Morgan fingerprint density at radius 3 is 2.25 bits per heavy atom. The van der Waals surface area contributed by atoms with E-state index in [2.05, 4.69) is 0 Å². The molecule has 0 radical (unpaired) electrons. The predicted octanol–water partition coefficient (Wildman–Crippen LogP) is 1.46. The van der Waals surface area contributed by atoms with Crippen molar-refractivity contribution >= 4 is 41.4 Å². The van der Waals surface area contributed by atoms with E-state index in [1.807, 2.05) is 0 Å². The normalized spacial score (nSPS) is 26.9. The highest BCUT2D eigenvalue weighted by Gasteiger charge is 2.62. The minimum Gasteiger partial charge on any atom is -0.465 e. The average molecular weight is 461 g/mol. The smallest absolute Gasteiger partial charge is 0.318 e. The Hall–Kier alpha value is -2.88. The SMILES string of the molecule is CC(=O)OCC1(C(=O)OC(C)(C)C)CS[C@@H]2C(N3C(=O)c4ccccc4C3=O)C(=O)N2C1. The number of amides is 3. The van der Waals surface area contributed by atoms with E-state index in [9.17, 15) is 24.0 Å². The predicted molar refractivity (Wildman–Crippen MR) is 114 cm³/mol. The number of carbonyl (C=O) groups excluding carboxylic acids is 5. The van der Waals surface area contributed by atoms with Crippen LogP contribution in [0.3, 0.4) is 0 Å². The van der Waals surface area contributed by atoms with Crippen LogP contribution in [0, 0.1) is 5.41 Å². The summed E-state index contributed by atoms with van der Waals surface area (Å²) in [6.45, 7) is 6.20. The second kappa shape index (κ2) is 7.61. The van der Waals surface area contributed by atoms with Crippen LogP contribution in [0.15, 0.2) is 24.3 Å². The van der Waals surface area contributed by atoms with Crippen LogP contribution in [-0.4, -0.2) is 75.4 Å². The number of carbonyl (C=O) groups is 5. The largest absolute Gasteiger partial charge is 0.465 e. The Bertz CT molecular complexity index is 998. The van der Waals surface area contributed by atoms with Crippen molar-refractivity contribution < 1.29 is 33.4 Å². The molecule has 3 aliphatic heterocycles. The Balaban J connectivity index is 1.56. The van der Waals surface area contributed by atoms with E-state index in [-0.39, 0.29) is 30.0 Å². The lowest BCUT2D eigenvalue weighted by molar-refractivity contribution is -0.177. The Kier molecular flexibility index (Phi) is 5.31. The summed E-state index contributed by atoms with van der Waals surface area (Å²) in [5.74, 6) is -2.30. The monoisotopic (exact) mass is 460 g/mol. The number of thioether (sulfide) groups is 1. The van der Waals surface area contributed by atoms with Crippen molar-refractivity contribution in [1.29, 1.82) is 0 Å². The third-order valence-electron chi connectivity index (χ3n) is 5.60. The molecule has 0 aromatic heterocycles. The third-order valence-corrected chi connectivity index (χ3v) is 7.18. The van der Waals surface area contributed by atoms with Crippen molar-refractivity contribution in [2.24, 2.45) is 5.41 Å². The first-order chi connectivity index (χ1) is 14.9. The van der Waals surface area contributed by atoms with Crippen molar-refractivity contribution in [1.82, 2.24) is 9.80 Å². The van der Waals surface area contributed by atoms with E-state index in [0.717, 1.165) is 4.90 Å². The lowest BCUT2D eigenvalue weighted by Crippen LogP contribution is -2.74. The van der Waals surface area contributed by atoms with Gasteiger partial charge < -0.3 is 14.4 Å². The minimum atomic E-state index is -1.23. The van der Waals surface area contributed by atoms with Crippen molar-refractivity contribution in [3.05, 3.63) is 35.4 Å². The highest BCUT2D eigenvalue weighted by atomic mass is 32.2. The number of ether oxygens (including phenoxy) is 2.